The van der Waals surface area contributed by atoms with E-state index in [0.717, 1.165) is 18.3 Å². The van der Waals surface area contributed by atoms with E-state index in [9.17, 15) is 27.1 Å². The summed E-state index contributed by atoms with van der Waals surface area (Å²) >= 11 is 0. The van der Waals surface area contributed by atoms with Gasteiger partial charge in [-0.25, -0.2) is 22.7 Å². The second-order valence-electron chi connectivity index (χ2n) is 6.29. The minimum Gasteiger partial charge on any atom is -0.856 e. The first kappa shape index (κ1) is 21.2. The van der Waals surface area contributed by atoms with Crippen LogP contribution >= 0.6 is 0 Å². The van der Waals surface area contributed by atoms with E-state index in [1.54, 1.807) is 30.3 Å². The van der Waals surface area contributed by atoms with E-state index < -0.39 is 30.7 Å². The maximum Gasteiger partial charge on any atom is 0.340 e. The van der Waals surface area contributed by atoms with Crippen LogP contribution in [-0.2, 0) is 7.05 Å². The number of halogens is 5. The third kappa shape index (κ3) is 4.91. The van der Waals surface area contributed by atoms with Crippen molar-refractivity contribution in [3.63, 3.8) is 0 Å². The molecule has 3 rings (SSSR count). The Morgan fingerprint density at radius 2 is 2.07 bits per heavy atom. The molecular formula is C19H15F5N4O2. The summed E-state index contributed by atoms with van der Waals surface area (Å²) in [6, 6.07) is 6.21. The van der Waals surface area contributed by atoms with Crippen molar-refractivity contribution in [1.82, 2.24) is 9.66 Å². The Hall–Kier alpha value is -3.50. The molecule has 0 aliphatic carbocycles. The molecule has 158 valence electrons. The topological polar surface area (TPSA) is 66.3 Å². The zero-order valence-electron chi connectivity index (χ0n) is 15.5. The van der Waals surface area contributed by atoms with Crippen LogP contribution in [0.3, 0.4) is 0 Å². The molecule has 0 saturated heterocycles. The normalized spacial score (nSPS) is 12.4. The fourth-order valence-corrected chi connectivity index (χ4v) is 2.40. The van der Waals surface area contributed by atoms with Crippen LogP contribution in [0.2, 0.25) is 0 Å². The molecule has 0 N–H and O–H groups in total. The lowest BCUT2D eigenvalue weighted by molar-refractivity contribution is -0.671. The lowest BCUT2D eigenvalue weighted by Gasteiger charge is -2.15. The highest BCUT2D eigenvalue weighted by Crippen LogP contribution is 2.26. The van der Waals surface area contributed by atoms with E-state index in [4.69, 9.17) is 0 Å². The summed E-state index contributed by atoms with van der Waals surface area (Å²) in [5, 5.41) is 16.0. The number of aromatic nitrogens is 3. The maximum atomic E-state index is 14.5. The number of pyridine rings is 1. The maximum absolute atomic E-state index is 14.5. The van der Waals surface area contributed by atoms with Gasteiger partial charge in [0.15, 0.2) is 12.8 Å². The number of aryl methyl sites for hydroxylation is 1. The summed E-state index contributed by atoms with van der Waals surface area (Å²) in [6.07, 6.45) is 2.05. The highest BCUT2D eigenvalue weighted by molar-refractivity contribution is 5.91. The van der Waals surface area contributed by atoms with Gasteiger partial charge >= 0.3 is 12.3 Å². The largest absolute Gasteiger partial charge is 0.856 e. The second kappa shape index (κ2) is 8.47. The quantitative estimate of drug-likeness (QED) is 0.252. The van der Waals surface area contributed by atoms with E-state index in [-0.39, 0.29) is 22.6 Å². The van der Waals surface area contributed by atoms with E-state index in [1.807, 2.05) is 0 Å². The van der Waals surface area contributed by atoms with E-state index in [2.05, 4.69) is 14.8 Å². The smallest absolute Gasteiger partial charge is 0.340 e. The number of benzene rings is 1. The van der Waals surface area contributed by atoms with Crippen molar-refractivity contribution in [2.45, 2.75) is 12.3 Å². The fraction of sp³-hybridized carbons (Fsp3) is 0.211. The van der Waals surface area contributed by atoms with Gasteiger partial charge in [-0.1, -0.05) is 17.2 Å². The van der Waals surface area contributed by atoms with Gasteiger partial charge in [0, 0.05) is 29.3 Å². The molecule has 1 aromatic carbocycles. The van der Waals surface area contributed by atoms with Crippen molar-refractivity contribution in [3.05, 3.63) is 66.6 Å². The van der Waals surface area contributed by atoms with E-state index >= 15 is 0 Å². The van der Waals surface area contributed by atoms with Crippen LogP contribution in [0.5, 0.6) is 5.88 Å². The molecule has 0 fully saturated rings. The number of alkyl halides is 4. The van der Waals surface area contributed by atoms with Gasteiger partial charge in [-0.15, -0.1) is 4.68 Å². The molecule has 0 saturated carbocycles. The zero-order chi connectivity index (χ0) is 21.9. The van der Waals surface area contributed by atoms with Gasteiger partial charge < -0.3 is 9.84 Å². The molecule has 0 unspecified atom stereocenters. The third-order valence-electron chi connectivity index (χ3n) is 3.96. The molecule has 0 spiro atoms. The lowest BCUT2D eigenvalue weighted by Crippen LogP contribution is -2.33. The molecule has 0 aliphatic heterocycles. The van der Waals surface area contributed by atoms with Crippen LogP contribution in [0.4, 0.5) is 22.0 Å². The molecule has 0 radical (unpaired) electrons. The Kier molecular flexibility index (Phi) is 5.99. The Bertz CT molecular complexity index is 1050. The van der Waals surface area contributed by atoms with Crippen LogP contribution in [0.1, 0.15) is 5.56 Å². The summed E-state index contributed by atoms with van der Waals surface area (Å²) in [4.78, 5) is 3.72. The molecule has 2 heterocycles. The number of nitrogens with zero attached hydrogens (tertiary/aromatic N) is 4. The lowest BCUT2D eigenvalue weighted by atomic mass is 10.0. The zero-order valence-corrected chi connectivity index (χ0v) is 15.5. The highest BCUT2D eigenvalue weighted by atomic mass is 19.3. The first-order valence-electron chi connectivity index (χ1n) is 8.50. The molecule has 0 bridgehead atoms. The van der Waals surface area contributed by atoms with Gasteiger partial charge in [0.2, 0.25) is 5.88 Å². The summed E-state index contributed by atoms with van der Waals surface area (Å²) < 4.78 is 72.0. The molecule has 0 aliphatic rings. The predicted octanol–water partition coefficient (Wildman–Crippen LogP) is 2.36. The molecule has 0 atom stereocenters. The van der Waals surface area contributed by atoms with Crippen LogP contribution < -0.4 is 14.4 Å². The molecule has 0 amide bonds. The molecule has 30 heavy (non-hydrogen) atoms. The van der Waals surface area contributed by atoms with E-state index in [1.165, 1.54) is 22.9 Å². The highest BCUT2D eigenvalue weighted by Gasteiger charge is 2.41. The van der Waals surface area contributed by atoms with Gasteiger partial charge in [0.25, 0.3) is 6.33 Å². The minimum atomic E-state index is -4.31. The van der Waals surface area contributed by atoms with E-state index in [0.29, 0.717) is 0 Å². The van der Waals surface area contributed by atoms with Gasteiger partial charge in [-0.05, 0) is 17.7 Å². The van der Waals surface area contributed by atoms with Gasteiger partial charge in [0.1, 0.15) is 12.0 Å². The van der Waals surface area contributed by atoms with Crippen molar-refractivity contribution >= 4 is 5.90 Å². The second-order valence-corrected chi connectivity index (χ2v) is 6.29. The minimum absolute atomic E-state index is 0.0229. The van der Waals surface area contributed by atoms with Crippen molar-refractivity contribution in [2.24, 2.45) is 12.1 Å². The van der Waals surface area contributed by atoms with Gasteiger partial charge in [-0.3, -0.25) is 0 Å². The van der Waals surface area contributed by atoms with Gasteiger partial charge in [-0.2, -0.15) is 8.78 Å². The fourth-order valence-electron chi connectivity index (χ4n) is 2.40. The molecule has 6 nitrogen and oxygen atoms in total. The van der Waals surface area contributed by atoms with Crippen LogP contribution in [0.15, 0.2) is 60.4 Å². The first-order valence-corrected chi connectivity index (χ1v) is 8.50. The van der Waals surface area contributed by atoms with Crippen LogP contribution in [0, 0.1) is 5.82 Å². The van der Waals surface area contributed by atoms with Crippen molar-refractivity contribution in [3.8, 4) is 17.0 Å². The monoisotopic (exact) mass is 426 g/mol. The Balaban J connectivity index is 1.74. The number of hydrogen-bond acceptors (Lipinski definition) is 4. The van der Waals surface area contributed by atoms with Crippen molar-refractivity contribution in [2.75, 3.05) is 6.61 Å². The molecular weight excluding hydrogens is 411 g/mol. The Labute approximate surface area is 167 Å². The van der Waals surface area contributed by atoms with Crippen molar-refractivity contribution in [1.29, 1.82) is 0 Å². The first-order chi connectivity index (χ1) is 14.2. The molecule has 3 aromatic rings. The van der Waals surface area contributed by atoms with Gasteiger partial charge in [0.05, 0.1) is 7.05 Å². The number of rotatable bonds is 7. The molecule has 2 aromatic heterocycles. The number of ether oxygens (including phenoxy) is 1. The molecule has 11 heteroatoms. The summed E-state index contributed by atoms with van der Waals surface area (Å²) in [5.74, 6) is -6.00. The third-order valence-corrected chi connectivity index (χ3v) is 3.96. The van der Waals surface area contributed by atoms with Crippen molar-refractivity contribution < 1.29 is 36.4 Å². The van der Waals surface area contributed by atoms with Crippen LogP contribution in [-0.4, -0.2) is 34.5 Å². The predicted molar refractivity (Wildman–Crippen MR) is 93.6 cm³/mol. The summed E-state index contributed by atoms with van der Waals surface area (Å²) in [5.41, 5.74) is 0.388. The van der Waals surface area contributed by atoms with Crippen LogP contribution in [0.25, 0.3) is 11.1 Å². The number of hydrogen-bond donors (Lipinski definition) is 0. The standard InChI is InChI=1S/C19H15F5N4O2/c1-27-6-7-28(11-27)26-17(29)12-2-4-14(15(20)8-12)13-3-5-16(25-9-13)30-10-19(23,24)18(21)22/h2-9,11,18H,10H2,1H3. The Morgan fingerprint density at radius 3 is 2.63 bits per heavy atom. The average Bonchev–Trinajstić information content (AvgIpc) is 3.11. The SMILES string of the molecule is C[n+]1ccn(N=C([O-])c2ccc(-c3ccc(OCC(F)(F)C(F)F)nc3)c(F)c2)c1. The average molecular weight is 426 g/mol. The summed E-state index contributed by atoms with van der Waals surface area (Å²) in [6.45, 7) is -1.54. The Morgan fingerprint density at radius 1 is 1.30 bits per heavy atom. The summed E-state index contributed by atoms with van der Waals surface area (Å²) in [7, 11) is 1.75. The number of imidazole rings is 1.